The molecule has 2 aliphatic rings. The van der Waals surface area contributed by atoms with Crippen molar-refractivity contribution in [3.8, 4) is 0 Å². The van der Waals surface area contributed by atoms with E-state index in [2.05, 4.69) is 45.9 Å². The topological polar surface area (TPSA) is 17.1 Å². The molecule has 0 saturated heterocycles. The van der Waals surface area contributed by atoms with Gasteiger partial charge in [0.15, 0.2) is 5.78 Å². The highest BCUT2D eigenvalue weighted by Gasteiger charge is 2.47. The van der Waals surface area contributed by atoms with Gasteiger partial charge in [-0.15, -0.1) is 0 Å². The number of fused-ring (bicyclic) bond motifs is 3. The van der Waals surface area contributed by atoms with Gasteiger partial charge in [-0.3, -0.25) is 4.79 Å². The maximum Gasteiger partial charge on any atom is 0.163 e. The van der Waals surface area contributed by atoms with Gasteiger partial charge in [-0.1, -0.05) is 52.7 Å². The minimum Gasteiger partial charge on any atom is -0.294 e. The van der Waals surface area contributed by atoms with Crippen molar-refractivity contribution in [2.45, 2.75) is 64.7 Å². The van der Waals surface area contributed by atoms with Crippen LogP contribution < -0.4 is 0 Å². The quantitative estimate of drug-likeness (QED) is 0.694. The molecule has 1 heteroatoms. The largest absolute Gasteiger partial charge is 0.294 e. The molecule has 3 atom stereocenters. The second-order valence-electron chi connectivity index (χ2n) is 7.48. The number of rotatable bonds is 1. The summed E-state index contributed by atoms with van der Waals surface area (Å²) in [5.74, 6) is 2.08. The lowest BCUT2D eigenvalue weighted by molar-refractivity contribution is 0.0756. The number of carbonyl (C=O) groups excluding carboxylic acids is 1. The monoisotopic (exact) mass is 270 g/mol. The summed E-state index contributed by atoms with van der Waals surface area (Å²) in [6.45, 7) is 9.13. The average Bonchev–Trinajstić information content (AvgIpc) is 2.41. The molecule has 108 valence electrons. The van der Waals surface area contributed by atoms with Gasteiger partial charge >= 0.3 is 0 Å². The average molecular weight is 270 g/mol. The number of hydrogen-bond donors (Lipinski definition) is 0. The number of benzene rings is 1. The van der Waals surface area contributed by atoms with Gasteiger partial charge in [0.25, 0.3) is 0 Å². The third kappa shape index (κ3) is 1.94. The lowest BCUT2D eigenvalue weighted by atomic mass is 9.55. The molecule has 3 unspecified atom stereocenters. The van der Waals surface area contributed by atoms with Crippen LogP contribution in [-0.2, 0) is 5.41 Å². The zero-order chi connectivity index (χ0) is 14.5. The van der Waals surface area contributed by atoms with Gasteiger partial charge in [-0.25, -0.2) is 0 Å². The fourth-order valence-corrected chi connectivity index (χ4v) is 4.53. The normalized spacial score (nSPS) is 33.0. The van der Waals surface area contributed by atoms with E-state index in [1.807, 2.05) is 0 Å². The van der Waals surface area contributed by atoms with Crippen molar-refractivity contribution in [2.75, 3.05) is 0 Å². The Bertz CT molecular complexity index is 543. The van der Waals surface area contributed by atoms with Crippen molar-refractivity contribution in [1.29, 1.82) is 0 Å². The number of hydrogen-bond acceptors (Lipinski definition) is 1. The fraction of sp³-hybridized carbons (Fsp3) is 0.632. The van der Waals surface area contributed by atoms with Gasteiger partial charge < -0.3 is 0 Å². The zero-order valence-electron chi connectivity index (χ0n) is 13.2. The molecule has 1 nitrogen and oxygen atoms in total. The molecule has 0 aromatic heterocycles. The van der Waals surface area contributed by atoms with E-state index in [4.69, 9.17) is 0 Å². The molecule has 1 saturated carbocycles. The van der Waals surface area contributed by atoms with E-state index in [0.717, 1.165) is 12.0 Å². The van der Waals surface area contributed by atoms with Gasteiger partial charge in [0.2, 0.25) is 0 Å². The van der Waals surface area contributed by atoms with E-state index in [-0.39, 0.29) is 5.41 Å². The molecule has 20 heavy (non-hydrogen) atoms. The van der Waals surface area contributed by atoms with E-state index < -0.39 is 0 Å². The van der Waals surface area contributed by atoms with Crippen LogP contribution in [0.25, 0.3) is 0 Å². The zero-order valence-corrected chi connectivity index (χ0v) is 13.2. The van der Waals surface area contributed by atoms with Crippen LogP contribution in [0.3, 0.4) is 0 Å². The van der Waals surface area contributed by atoms with Crippen LogP contribution in [-0.4, -0.2) is 5.78 Å². The molecular formula is C19H26O. The van der Waals surface area contributed by atoms with Crippen LogP contribution in [0.4, 0.5) is 0 Å². The van der Waals surface area contributed by atoms with Crippen molar-refractivity contribution in [1.82, 2.24) is 0 Å². The molecule has 2 aliphatic carbocycles. The van der Waals surface area contributed by atoms with Crippen molar-refractivity contribution in [2.24, 2.45) is 11.8 Å². The molecule has 0 spiro atoms. The molecule has 0 N–H and O–H groups in total. The van der Waals surface area contributed by atoms with Crippen molar-refractivity contribution in [3.05, 3.63) is 34.9 Å². The summed E-state index contributed by atoms with van der Waals surface area (Å²) >= 11 is 0. The van der Waals surface area contributed by atoms with Crippen LogP contribution in [0.1, 0.15) is 80.8 Å². The molecule has 0 bridgehead atoms. The highest BCUT2D eigenvalue weighted by molar-refractivity contribution is 5.99. The number of Topliss-reactive ketones (excluding diaryl/α,β-unsaturated/α-hetero) is 1. The highest BCUT2D eigenvalue weighted by Crippen LogP contribution is 2.52. The number of carbonyl (C=O) groups is 1. The summed E-state index contributed by atoms with van der Waals surface area (Å²) in [7, 11) is 0. The summed E-state index contributed by atoms with van der Waals surface area (Å²) < 4.78 is 0. The predicted octanol–water partition coefficient (Wildman–Crippen LogP) is 5.09. The Morgan fingerprint density at radius 2 is 2.05 bits per heavy atom. The van der Waals surface area contributed by atoms with Crippen LogP contribution in [0, 0.1) is 11.8 Å². The molecular weight excluding hydrogens is 244 g/mol. The summed E-state index contributed by atoms with van der Waals surface area (Å²) in [6, 6.07) is 6.67. The van der Waals surface area contributed by atoms with Crippen LogP contribution in [0.2, 0.25) is 0 Å². The Morgan fingerprint density at radius 1 is 1.30 bits per heavy atom. The molecule has 0 heterocycles. The van der Waals surface area contributed by atoms with E-state index in [0.29, 0.717) is 23.5 Å². The first-order valence-electron chi connectivity index (χ1n) is 8.11. The summed E-state index contributed by atoms with van der Waals surface area (Å²) in [5.41, 5.74) is 3.86. The van der Waals surface area contributed by atoms with Gasteiger partial charge in [0, 0.05) is 12.0 Å². The van der Waals surface area contributed by atoms with Gasteiger partial charge in [-0.05, 0) is 46.8 Å². The first kappa shape index (κ1) is 13.9. The molecule has 3 rings (SSSR count). The molecule has 1 fully saturated rings. The predicted molar refractivity (Wildman–Crippen MR) is 83.3 cm³/mol. The fourth-order valence-electron chi connectivity index (χ4n) is 4.53. The van der Waals surface area contributed by atoms with Gasteiger partial charge in [0.05, 0.1) is 0 Å². The SMILES string of the molecule is CC(C)c1ccc2c(c1)C(=O)CC1C(C)CCCC21C. The second kappa shape index (κ2) is 4.72. The standard InChI is InChI=1S/C19H26O/c1-12(2)14-7-8-16-15(10-14)18(20)11-17-13(3)6-5-9-19(16,17)4/h7-8,10,12-13,17H,5-6,9,11H2,1-4H3. The van der Waals surface area contributed by atoms with Crippen LogP contribution >= 0.6 is 0 Å². The van der Waals surface area contributed by atoms with Crippen LogP contribution in [0.15, 0.2) is 18.2 Å². The lowest BCUT2D eigenvalue weighted by Crippen LogP contribution is -2.45. The maximum absolute atomic E-state index is 12.6. The lowest BCUT2D eigenvalue weighted by Gasteiger charge is -2.49. The molecule has 0 aliphatic heterocycles. The molecule has 0 amide bonds. The van der Waals surface area contributed by atoms with Crippen LogP contribution in [0.5, 0.6) is 0 Å². The third-order valence-corrected chi connectivity index (χ3v) is 5.89. The number of ketones is 1. The Labute approximate surface area is 122 Å². The molecule has 1 aromatic carbocycles. The maximum atomic E-state index is 12.6. The van der Waals surface area contributed by atoms with E-state index >= 15 is 0 Å². The summed E-state index contributed by atoms with van der Waals surface area (Å²) in [6.07, 6.45) is 4.58. The van der Waals surface area contributed by atoms with Gasteiger partial charge in [0.1, 0.15) is 0 Å². The Hall–Kier alpha value is -1.11. The first-order valence-corrected chi connectivity index (χ1v) is 8.11. The summed E-state index contributed by atoms with van der Waals surface area (Å²) in [4.78, 5) is 12.6. The summed E-state index contributed by atoms with van der Waals surface area (Å²) in [5, 5.41) is 0. The molecule has 0 radical (unpaired) electrons. The van der Waals surface area contributed by atoms with E-state index in [1.54, 1.807) is 0 Å². The minimum atomic E-state index is 0.219. The molecule has 1 aromatic rings. The third-order valence-electron chi connectivity index (χ3n) is 5.89. The van der Waals surface area contributed by atoms with E-state index in [9.17, 15) is 4.79 Å². The highest BCUT2D eigenvalue weighted by atomic mass is 16.1. The smallest absolute Gasteiger partial charge is 0.163 e. The van der Waals surface area contributed by atoms with Crippen molar-refractivity contribution >= 4 is 5.78 Å². The Kier molecular flexibility index (Phi) is 3.27. The first-order chi connectivity index (χ1) is 9.43. The Balaban J connectivity index is 2.12. The minimum absolute atomic E-state index is 0.219. The Morgan fingerprint density at radius 3 is 2.75 bits per heavy atom. The van der Waals surface area contributed by atoms with E-state index in [1.165, 1.54) is 30.4 Å². The second-order valence-corrected chi connectivity index (χ2v) is 7.48. The van der Waals surface area contributed by atoms with Crippen molar-refractivity contribution in [3.63, 3.8) is 0 Å². The van der Waals surface area contributed by atoms with Crippen molar-refractivity contribution < 1.29 is 4.79 Å². The van der Waals surface area contributed by atoms with Gasteiger partial charge in [-0.2, -0.15) is 0 Å².